The van der Waals surface area contributed by atoms with Crippen molar-refractivity contribution in [1.29, 1.82) is 0 Å². The van der Waals surface area contributed by atoms with Crippen molar-refractivity contribution in [3.63, 3.8) is 0 Å². The molecule has 3 aromatic heterocycles. The molecule has 1 aromatic carbocycles. The van der Waals surface area contributed by atoms with E-state index in [4.69, 9.17) is 0 Å². The minimum atomic E-state index is -0.801. The SMILES string of the molecule is CCN(CC)CCNC(=O)C(C)(C)n1cc(-c2ccn3c(-c4cccc(NC)c4)cnc3c2)cn1. The van der Waals surface area contributed by atoms with Gasteiger partial charge in [0.15, 0.2) is 0 Å². The number of hydrogen-bond donors (Lipinski definition) is 2. The Bertz CT molecular complexity index is 1300. The maximum absolute atomic E-state index is 12.9. The van der Waals surface area contributed by atoms with Gasteiger partial charge in [0.1, 0.15) is 11.2 Å². The van der Waals surface area contributed by atoms with E-state index < -0.39 is 5.54 Å². The smallest absolute Gasteiger partial charge is 0.247 e. The standard InChI is InChI=1S/C27H35N7O/c1-6-32(7-2)14-12-29-26(35)27(3,4)34-19-22(17-31-34)20-11-13-33-24(18-30-25(33)16-20)21-9-8-10-23(15-21)28-5/h8-11,13,15-19,28H,6-7,12,14H2,1-5H3,(H,29,35). The number of hydrogen-bond acceptors (Lipinski definition) is 5. The molecule has 0 atom stereocenters. The zero-order valence-corrected chi connectivity index (χ0v) is 21.2. The molecule has 1 amide bonds. The molecule has 8 nitrogen and oxygen atoms in total. The van der Waals surface area contributed by atoms with Crippen molar-refractivity contribution in [3.8, 4) is 22.4 Å². The van der Waals surface area contributed by atoms with E-state index >= 15 is 0 Å². The first-order valence-electron chi connectivity index (χ1n) is 12.2. The number of fused-ring (bicyclic) bond motifs is 1. The first-order valence-corrected chi connectivity index (χ1v) is 12.2. The summed E-state index contributed by atoms with van der Waals surface area (Å²) < 4.78 is 3.81. The molecule has 0 saturated heterocycles. The molecule has 0 fully saturated rings. The Kier molecular flexibility index (Phi) is 7.21. The summed E-state index contributed by atoms with van der Waals surface area (Å²) in [7, 11) is 1.91. The summed E-state index contributed by atoms with van der Waals surface area (Å²) >= 11 is 0. The molecule has 3 heterocycles. The second-order valence-corrected chi connectivity index (χ2v) is 9.13. The number of rotatable bonds is 10. The number of aromatic nitrogens is 4. The van der Waals surface area contributed by atoms with Gasteiger partial charge in [-0.25, -0.2) is 4.98 Å². The number of carbonyl (C=O) groups is 1. The zero-order valence-electron chi connectivity index (χ0n) is 21.2. The minimum Gasteiger partial charge on any atom is -0.388 e. The predicted octanol–water partition coefficient (Wildman–Crippen LogP) is 4.10. The molecule has 4 aromatic rings. The molecule has 4 rings (SSSR count). The number of amides is 1. The van der Waals surface area contributed by atoms with Crippen molar-refractivity contribution < 1.29 is 4.79 Å². The number of pyridine rings is 1. The van der Waals surface area contributed by atoms with Crippen molar-refractivity contribution in [1.82, 2.24) is 29.4 Å². The first kappa shape index (κ1) is 24.5. The van der Waals surface area contributed by atoms with Gasteiger partial charge in [-0.05, 0) is 56.8 Å². The summed E-state index contributed by atoms with van der Waals surface area (Å²) in [6.07, 6.45) is 7.65. The third kappa shape index (κ3) is 5.07. The Hall–Kier alpha value is -3.65. The van der Waals surface area contributed by atoms with Crippen molar-refractivity contribution in [2.75, 3.05) is 38.5 Å². The van der Waals surface area contributed by atoms with Crippen molar-refractivity contribution in [3.05, 3.63) is 61.2 Å². The quantitative estimate of drug-likeness (QED) is 0.363. The van der Waals surface area contributed by atoms with Gasteiger partial charge in [0.05, 0.1) is 18.1 Å². The lowest BCUT2D eigenvalue weighted by Crippen LogP contribution is -2.46. The molecule has 0 unspecified atom stereocenters. The topological polar surface area (TPSA) is 79.5 Å². The summed E-state index contributed by atoms with van der Waals surface area (Å²) in [5.41, 5.74) is 5.18. The monoisotopic (exact) mass is 473 g/mol. The zero-order chi connectivity index (χ0) is 25.0. The maximum atomic E-state index is 12.9. The lowest BCUT2D eigenvalue weighted by atomic mass is 10.0. The highest BCUT2D eigenvalue weighted by Gasteiger charge is 2.30. The van der Waals surface area contributed by atoms with Crippen molar-refractivity contribution in [2.45, 2.75) is 33.2 Å². The fraction of sp³-hybridized carbons (Fsp3) is 0.370. The number of nitrogens with zero attached hydrogens (tertiary/aromatic N) is 5. The third-order valence-corrected chi connectivity index (χ3v) is 6.61. The van der Waals surface area contributed by atoms with Crippen LogP contribution >= 0.6 is 0 Å². The van der Waals surface area contributed by atoms with Crippen LogP contribution in [0.1, 0.15) is 27.7 Å². The molecule has 0 radical (unpaired) electrons. The van der Waals surface area contributed by atoms with E-state index in [1.807, 2.05) is 57.7 Å². The summed E-state index contributed by atoms with van der Waals surface area (Å²) in [6, 6.07) is 12.4. The minimum absolute atomic E-state index is 0.0449. The number of likely N-dealkylation sites (N-methyl/N-ethyl adjacent to an activating group) is 1. The second-order valence-electron chi connectivity index (χ2n) is 9.13. The predicted molar refractivity (Wildman–Crippen MR) is 142 cm³/mol. The van der Waals surface area contributed by atoms with Gasteiger partial charge >= 0.3 is 0 Å². The molecule has 0 aliphatic rings. The molecule has 0 spiro atoms. The van der Waals surface area contributed by atoms with Crippen LogP contribution in [-0.4, -0.2) is 63.2 Å². The van der Waals surface area contributed by atoms with Crippen LogP contribution in [0, 0.1) is 0 Å². The average Bonchev–Trinajstić information content (AvgIpc) is 3.54. The van der Waals surface area contributed by atoms with Crippen LogP contribution in [0.3, 0.4) is 0 Å². The highest BCUT2D eigenvalue weighted by atomic mass is 16.2. The molecule has 0 aliphatic carbocycles. The Morgan fingerprint density at radius 2 is 1.86 bits per heavy atom. The van der Waals surface area contributed by atoms with Crippen LogP contribution < -0.4 is 10.6 Å². The molecule has 8 heteroatoms. The van der Waals surface area contributed by atoms with Gasteiger partial charge in [-0.3, -0.25) is 13.9 Å². The van der Waals surface area contributed by atoms with Gasteiger partial charge < -0.3 is 15.5 Å². The van der Waals surface area contributed by atoms with Gasteiger partial charge in [0.2, 0.25) is 5.91 Å². The van der Waals surface area contributed by atoms with E-state index in [9.17, 15) is 4.79 Å². The molecule has 0 bridgehead atoms. The normalized spacial score (nSPS) is 11.8. The third-order valence-electron chi connectivity index (χ3n) is 6.61. The van der Waals surface area contributed by atoms with E-state index in [1.54, 1.807) is 10.9 Å². The fourth-order valence-electron chi connectivity index (χ4n) is 4.17. The van der Waals surface area contributed by atoms with Gasteiger partial charge in [0, 0.05) is 49.3 Å². The van der Waals surface area contributed by atoms with E-state index in [-0.39, 0.29) is 5.91 Å². The summed E-state index contributed by atoms with van der Waals surface area (Å²) in [5.74, 6) is -0.0449. The van der Waals surface area contributed by atoms with E-state index in [1.165, 1.54) is 0 Å². The molecular formula is C27H35N7O. The Labute approximate surface area is 207 Å². The van der Waals surface area contributed by atoms with Crippen LogP contribution in [-0.2, 0) is 10.3 Å². The largest absolute Gasteiger partial charge is 0.388 e. The number of anilines is 1. The van der Waals surface area contributed by atoms with Gasteiger partial charge in [-0.15, -0.1) is 0 Å². The molecule has 0 aliphatic heterocycles. The summed E-state index contributed by atoms with van der Waals surface area (Å²) in [4.78, 5) is 19.8. The molecule has 2 N–H and O–H groups in total. The van der Waals surface area contributed by atoms with Gasteiger partial charge in [-0.1, -0.05) is 26.0 Å². The van der Waals surface area contributed by atoms with E-state index in [0.29, 0.717) is 6.54 Å². The highest BCUT2D eigenvalue weighted by Crippen LogP contribution is 2.27. The first-order chi connectivity index (χ1) is 16.9. The Morgan fingerprint density at radius 1 is 1.06 bits per heavy atom. The number of nitrogens with one attached hydrogen (secondary N) is 2. The van der Waals surface area contributed by atoms with Gasteiger partial charge in [-0.2, -0.15) is 5.10 Å². The van der Waals surface area contributed by atoms with Crippen molar-refractivity contribution in [2.24, 2.45) is 0 Å². The lowest BCUT2D eigenvalue weighted by Gasteiger charge is -2.25. The fourth-order valence-corrected chi connectivity index (χ4v) is 4.17. The lowest BCUT2D eigenvalue weighted by molar-refractivity contribution is -0.128. The van der Waals surface area contributed by atoms with Gasteiger partial charge in [0.25, 0.3) is 0 Å². The van der Waals surface area contributed by atoms with E-state index in [2.05, 4.69) is 62.1 Å². The van der Waals surface area contributed by atoms with Crippen LogP contribution in [0.4, 0.5) is 5.69 Å². The van der Waals surface area contributed by atoms with Crippen LogP contribution in [0.15, 0.2) is 61.2 Å². The van der Waals surface area contributed by atoms with Crippen LogP contribution in [0.25, 0.3) is 28.0 Å². The maximum Gasteiger partial charge on any atom is 0.247 e. The summed E-state index contributed by atoms with van der Waals surface area (Å²) in [6.45, 7) is 11.4. The average molecular weight is 474 g/mol. The molecule has 0 saturated carbocycles. The Morgan fingerprint density at radius 3 is 2.60 bits per heavy atom. The highest BCUT2D eigenvalue weighted by molar-refractivity contribution is 5.83. The van der Waals surface area contributed by atoms with E-state index in [0.717, 1.165) is 53.4 Å². The number of benzene rings is 1. The second kappa shape index (κ2) is 10.3. The molecular weight excluding hydrogens is 438 g/mol. The van der Waals surface area contributed by atoms with Crippen molar-refractivity contribution >= 4 is 17.2 Å². The number of imidazole rings is 1. The van der Waals surface area contributed by atoms with Crippen LogP contribution in [0.2, 0.25) is 0 Å². The summed E-state index contributed by atoms with van der Waals surface area (Å²) in [5, 5.41) is 10.8. The molecule has 184 valence electrons. The Balaban J connectivity index is 1.52. The number of carbonyl (C=O) groups excluding carboxylic acids is 1. The molecule has 35 heavy (non-hydrogen) atoms. The van der Waals surface area contributed by atoms with Crippen LogP contribution in [0.5, 0.6) is 0 Å².